The number of hydrogen-bond donors (Lipinski definition) is 0. The molecular formula is C12H15Cl2NO2S. The van der Waals surface area contributed by atoms with Crippen molar-refractivity contribution in [2.45, 2.75) is 37.1 Å². The highest BCUT2D eigenvalue weighted by atomic mass is 35.5. The molecule has 1 aliphatic rings. The normalized spacial score (nSPS) is 21.4. The highest BCUT2D eigenvalue weighted by molar-refractivity contribution is 7.89. The fourth-order valence-electron chi connectivity index (χ4n) is 2.35. The van der Waals surface area contributed by atoms with E-state index in [1.54, 1.807) is 4.31 Å². The first-order valence-electron chi connectivity index (χ1n) is 5.93. The van der Waals surface area contributed by atoms with E-state index in [4.69, 9.17) is 23.2 Å². The van der Waals surface area contributed by atoms with Crippen molar-refractivity contribution in [1.29, 1.82) is 0 Å². The third-order valence-electron chi connectivity index (χ3n) is 3.24. The number of hydrogen-bond acceptors (Lipinski definition) is 2. The summed E-state index contributed by atoms with van der Waals surface area (Å²) in [5.74, 6) is 0. The standard InChI is InChI=1S/C12H15Cl2NO2S/c1-2-11-4-3-5-15(11)18(16,17)12-7-9(13)6-10(14)8-12/h6-8,11H,2-5H2,1H3. The van der Waals surface area contributed by atoms with Crippen LogP contribution in [0, 0.1) is 0 Å². The molecule has 0 aliphatic carbocycles. The van der Waals surface area contributed by atoms with Crippen LogP contribution in [-0.4, -0.2) is 25.3 Å². The Hall–Kier alpha value is -0.290. The lowest BCUT2D eigenvalue weighted by molar-refractivity contribution is 0.379. The van der Waals surface area contributed by atoms with Gasteiger partial charge in [0.15, 0.2) is 0 Å². The zero-order valence-corrected chi connectivity index (χ0v) is 12.4. The van der Waals surface area contributed by atoms with Crippen molar-refractivity contribution < 1.29 is 8.42 Å². The summed E-state index contributed by atoms with van der Waals surface area (Å²) in [6.07, 6.45) is 2.66. The van der Waals surface area contributed by atoms with Crippen molar-refractivity contribution in [2.75, 3.05) is 6.54 Å². The van der Waals surface area contributed by atoms with E-state index in [2.05, 4.69) is 0 Å². The zero-order chi connectivity index (χ0) is 13.3. The van der Waals surface area contributed by atoms with Gasteiger partial charge in [-0.3, -0.25) is 0 Å². The molecule has 0 amide bonds. The van der Waals surface area contributed by atoms with Crippen molar-refractivity contribution >= 4 is 33.2 Å². The molecule has 1 atom stereocenters. The molecule has 1 heterocycles. The Morgan fingerprint density at radius 3 is 2.44 bits per heavy atom. The summed E-state index contributed by atoms with van der Waals surface area (Å²) in [5, 5.41) is 0.682. The van der Waals surface area contributed by atoms with E-state index in [-0.39, 0.29) is 10.9 Å². The maximum Gasteiger partial charge on any atom is 0.243 e. The number of sulfonamides is 1. The van der Waals surface area contributed by atoms with Crippen molar-refractivity contribution in [3.8, 4) is 0 Å². The summed E-state index contributed by atoms with van der Waals surface area (Å²) in [5.41, 5.74) is 0. The molecule has 1 aromatic rings. The van der Waals surface area contributed by atoms with Crippen molar-refractivity contribution in [1.82, 2.24) is 4.31 Å². The van der Waals surface area contributed by atoms with E-state index >= 15 is 0 Å². The third-order valence-corrected chi connectivity index (χ3v) is 5.60. The summed E-state index contributed by atoms with van der Waals surface area (Å²) in [6, 6.07) is 4.53. The monoisotopic (exact) mass is 307 g/mol. The van der Waals surface area contributed by atoms with Crippen LogP contribution in [0.1, 0.15) is 26.2 Å². The van der Waals surface area contributed by atoms with Crippen LogP contribution in [0.15, 0.2) is 23.1 Å². The number of halogens is 2. The van der Waals surface area contributed by atoms with Gasteiger partial charge >= 0.3 is 0 Å². The quantitative estimate of drug-likeness (QED) is 0.856. The molecule has 1 fully saturated rings. The predicted molar refractivity (Wildman–Crippen MR) is 73.7 cm³/mol. The lowest BCUT2D eigenvalue weighted by atomic mass is 10.2. The van der Waals surface area contributed by atoms with Gasteiger partial charge in [0, 0.05) is 22.6 Å². The minimum atomic E-state index is -3.48. The predicted octanol–water partition coefficient (Wildman–Crippen LogP) is 3.56. The molecule has 0 N–H and O–H groups in total. The first-order chi connectivity index (χ1) is 8.45. The van der Waals surface area contributed by atoms with Crippen molar-refractivity contribution in [3.63, 3.8) is 0 Å². The Labute approximate surface area is 118 Å². The van der Waals surface area contributed by atoms with Gasteiger partial charge < -0.3 is 0 Å². The molecule has 0 bridgehead atoms. The van der Waals surface area contributed by atoms with E-state index in [1.165, 1.54) is 18.2 Å². The van der Waals surface area contributed by atoms with Crippen molar-refractivity contribution in [2.24, 2.45) is 0 Å². The minimum absolute atomic E-state index is 0.0905. The number of rotatable bonds is 3. The van der Waals surface area contributed by atoms with Crippen LogP contribution in [0.5, 0.6) is 0 Å². The lowest BCUT2D eigenvalue weighted by Gasteiger charge is -2.23. The van der Waals surface area contributed by atoms with Gasteiger partial charge in [-0.2, -0.15) is 4.31 Å². The third kappa shape index (κ3) is 2.67. The molecule has 6 heteroatoms. The number of benzene rings is 1. The molecule has 100 valence electrons. The topological polar surface area (TPSA) is 37.4 Å². The van der Waals surface area contributed by atoms with Crippen LogP contribution in [-0.2, 0) is 10.0 Å². The molecular weight excluding hydrogens is 293 g/mol. The molecule has 1 aromatic carbocycles. The fraction of sp³-hybridized carbons (Fsp3) is 0.500. The maximum absolute atomic E-state index is 12.5. The van der Waals surface area contributed by atoms with Gasteiger partial charge in [-0.1, -0.05) is 30.1 Å². The van der Waals surface area contributed by atoms with Crippen LogP contribution >= 0.6 is 23.2 Å². The van der Waals surface area contributed by atoms with Gasteiger partial charge in [0.2, 0.25) is 10.0 Å². The van der Waals surface area contributed by atoms with Gasteiger partial charge in [0.1, 0.15) is 0 Å². The molecule has 0 aromatic heterocycles. The van der Waals surface area contributed by atoms with Crippen LogP contribution in [0.4, 0.5) is 0 Å². The molecule has 1 unspecified atom stereocenters. The summed E-state index contributed by atoms with van der Waals surface area (Å²) >= 11 is 11.7. The lowest BCUT2D eigenvalue weighted by Crippen LogP contribution is -2.35. The molecule has 0 spiro atoms. The average molecular weight is 308 g/mol. The van der Waals surface area contributed by atoms with Crippen LogP contribution in [0.25, 0.3) is 0 Å². The largest absolute Gasteiger partial charge is 0.243 e. The Morgan fingerprint density at radius 1 is 1.28 bits per heavy atom. The first kappa shape index (κ1) is 14.1. The molecule has 1 saturated heterocycles. The highest BCUT2D eigenvalue weighted by Gasteiger charge is 2.34. The first-order valence-corrected chi connectivity index (χ1v) is 8.12. The maximum atomic E-state index is 12.5. The van der Waals surface area contributed by atoms with E-state index in [1.807, 2.05) is 6.92 Å². The van der Waals surface area contributed by atoms with Crippen LogP contribution in [0.3, 0.4) is 0 Å². The fourth-order valence-corrected chi connectivity index (χ4v) is 4.84. The second-order valence-electron chi connectivity index (χ2n) is 4.43. The zero-order valence-electron chi connectivity index (χ0n) is 10.1. The smallest absolute Gasteiger partial charge is 0.207 e. The summed E-state index contributed by atoms with van der Waals surface area (Å²) in [6.45, 7) is 2.58. The molecule has 1 aliphatic heterocycles. The summed E-state index contributed by atoms with van der Waals surface area (Å²) in [4.78, 5) is 0.181. The van der Waals surface area contributed by atoms with Gasteiger partial charge in [-0.05, 0) is 37.5 Å². The van der Waals surface area contributed by atoms with E-state index < -0.39 is 10.0 Å². The summed E-state index contributed by atoms with van der Waals surface area (Å²) in [7, 11) is -3.48. The van der Waals surface area contributed by atoms with Gasteiger partial charge in [-0.25, -0.2) is 8.42 Å². The Morgan fingerprint density at radius 2 is 1.89 bits per heavy atom. The Bertz CT molecular complexity index is 525. The number of nitrogens with zero attached hydrogens (tertiary/aromatic N) is 1. The van der Waals surface area contributed by atoms with Gasteiger partial charge in [0.05, 0.1) is 4.90 Å². The van der Waals surface area contributed by atoms with E-state index in [9.17, 15) is 8.42 Å². The minimum Gasteiger partial charge on any atom is -0.207 e. The Kier molecular flexibility index (Phi) is 4.22. The van der Waals surface area contributed by atoms with E-state index in [0.29, 0.717) is 16.6 Å². The van der Waals surface area contributed by atoms with Gasteiger partial charge in [-0.15, -0.1) is 0 Å². The molecule has 0 radical (unpaired) electrons. The van der Waals surface area contributed by atoms with E-state index in [0.717, 1.165) is 19.3 Å². The Balaban J connectivity index is 2.41. The second-order valence-corrected chi connectivity index (χ2v) is 7.19. The van der Waals surface area contributed by atoms with Crippen molar-refractivity contribution in [3.05, 3.63) is 28.2 Å². The average Bonchev–Trinajstić information content (AvgIpc) is 2.76. The second kappa shape index (κ2) is 5.37. The molecule has 18 heavy (non-hydrogen) atoms. The summed E-state index contributed by atoms with van der Waals surface area (Å²) < 4.78 is 26.6. The molecule has 2 rings (SSSR count). The highest BCUT2D eigenvalue weighted by Crippen LogP contribution is 2.30. The van der Waals surface area contributed by atoms with Crippen LogP contribution in [0.2, 0.25) is 10.0 Å². The van der Waals surface area contributed by atoms with Gasteiger partial charge in [0.25, 0.3) is 0 Å². The molecule has 0 saturated carbocycles. The van der Waals surface area contributed by atoms with Crippen LogP contribution < -0.4 is 0 Å². The molecule has 3 nitrogen and oxygen atoms in total. The SMILES string of the molecule is CCC1CCCN1S(=O)(=O)c1cc(Cl)cc(Cl)c1.